The summed E-state index contributed by atoms with van der Waals surface area (Å²) in [5, 5.41) is 10.3. The highest BCUT2D eigenvalue weighted by atomic mass is 32.5. The number of imidazole rings is 1. The Balaban J connectivity index is 1.85. The van der Waals surface area contributed by atoms with Crippen molar-refractivity contribution in [2.24, 2.45) is 0 Å². The van der Waals surface area contributed by atoms with Gasteiger partial charge in [0.1, 0.15) is 12.2 Å². The van der Waals surface area contributed by atoms with Gasteiger partial charge in [0, 0.05) is 0 Å². The van der Waals surface area contributed by atoms with Crippen LogP contribution in [0.15, 0.2) is 11.1 Å². The van der Waals surface area contributed by atoms with E-state index in [0.29, 0.717) is 0 Å². The number of nitrogens with zero attached hydrogens (tertiary/aromatic N) is 3. The molecule has 1 saturated heterocycles. The SMILES string of the molecule is C[C@@]1(F)[C@H](O)[C@@H](COP(O)(=S)OP(=O)(O)O)O[C@H]1n1cnc2c(=O)[nH]c(N)nc21. The van der Waals surface area contributed by atoms with Crippen molar-refractivity contribution in [1.82, 2.24) is 19.5 Å². The number of aliphatic hydroxyl groups is 1. The minimum atomic E-state index is -5.15. The Kier molecular flexibility index (Phi) is 5.73. The molecule has 14 nitrogen and oxygen atoms in total. The van der Waals surface area contributed by atoms with Gasteiger partial charge in [-0.15, -0.1) is 0 Å². The van der Waals surface area contributed by atoms with Crippen molar-refractivity contribution >= 4 is 43.5 Å². The van der Waals surface area contributed by atoms with Gasteiger partial charge >= 0.3 is 14.5 Å². The van der Waals surface area contributed by atoms with Gasteiger partial charge in [0.05, 0.1) is 12.9 Å². The summed E-state index contributed by atoms with van der Waals surface area (Å²) in [5.74, 6) is -0.251. The van der Waals surface area contributed by atoms with E-state index in [4.69, 9.17) is 24.8 Å². The van der Waals surface area contributed by atoms with Crippen molar-refractivity contribution in [2.45, 2.75) is 31.0 Å². The third-order valence-electron chi connectivity index (χ3n) is 4.03. The van der Waals surface area contributed by atoms with Crippen LogP contribution in [0.4, 0.5) is 10.3 Å². The first-order valence-electron chi connectivity index (χ1n) is 7.70. The Morgan fingerprint density at radius 2 is 2.17 bits per heavy atom. The number of aromatic amines is 1. The maximum Gasteiger partial charge on any atom is 0.476 e. The van der Waals surface area contributed by atoms with Crippen LogP contribution >= 0.6 is 14.5 Å². The molecule has 2 aromatic rings. The molecule has 0 radical (unpaired) electrons. The number of nitrogens with two attached hydrogens (primary N) is 1. The summed E-state index contributed by atoms with van der Waals surface area (Å²) in [7, 11) is -5.15. The van der Waals surface area contributed by atoms with Gasteiger partial charge in [-0.25, -0.2) is 18.3 Å². The van der Waals surface area contributed by atoms with Crippen LogP contribution in [-0.4, -0.2) is 63.8 Å². The summed E-state index contributed by atoms with van der Waals surface area (Å²) in [4.78, 5) is 48.9. The van der Waals surface area contributed by atoms with Crippen LogP contribution in [0.25, 0.3) is 11.2 Å². The summed E-state index contributed by atoms with van der Waals surface area (Å²) in [5.41, 5.74) is 2.12. The van der Waals surface area contributed by atoms with Crippen molar-refractivity contribution in [2.75, 3.05) is 12.3 Å². The van der Waals surface area contributed by atoms with Gasteiger partial charge in [-0.2, -0.15) is 4.98 Å². The van der Waals surface area contributed by atoms with Gasteiger partial charge in [-0.05, 0) is 18.7 Å². The molecule has 0 amide bonds. The van der Waals surface area contributed by atoms with E-state index in [1.165, 1.54) is 0 Å². The third-order valence-corrected chi connectivity index (χ3v) is 7.10. The number of aliphatic hydroxyl groups excluding tert-OH is 1. The molecule has 1 aliphatic rings. The van der Waals surface area contributed by atoms with Crippen molar-refractivity contribution < 1.29 is 42.3 Å². The molecule has 1 unspecified atom stereocenters. The number of nitrogen functional groups attached to an aromatic ring is 1. The first-order chi connectivity index (χ1) is 13.2. The number of alkyl halides is 1. The van der Waals surface area contributed by atoms with E-state index < -0.39 is 50.8 Å². The Morgan fingerprint density at radius 3 is 2.79 bits per heavy atom. The number of nitrogens with one attached hydrogen (secondary N) is 1. The van der Waals surface area contributed by atoms with Crippen LogP contribution in [0, 0.1) is 0 Å². The van der Waals surface area contributed by atoms with Crippen molar-refractivity contribution in [3.63, 3.8) is 0 Å². The first-order valence-corrected chi connectivity index (χ1v) is 11.8. The predicted octanol–water partition coefficient (Wildman–Crippen LogP) is -0.969. The average Bonchev–Trinajstić information content (AvgIpc) is 3.04. The largest absolute Gasteiger partial charge is 0.476 e. The van der Waals surface area contributed by atoms with Crippen LogP contribution in [0.2, 0.25) is 0 Å². The molecule has 3 heterocycles. The fraction of sp³-hybridized carbons (Fsp3) is 0.545. The van der Waals surface area contributed by atoms with Gasteiger partial charge in [-0.3, -0.25) is 14.3 Å². The number of anilines is 1. The van der Waals surface area contributed by atoms with E-state index in [-0.39, 0.29) is 17.1 Å². The maximum atomic E-state index is 15.2. The zero-order valence-electron chi connectivity index (χ0n) is 14.4. The van der Waals surface area contributed by atoms with Gasteiger partial charge in [-0.1, -0.05) is 0 Å². The van der Waals surface area contributed by atoms with Crippen molar-refractivity contribution in [1.29, 1.82) is 0 Å². The lowest BCUT2D eigenvalue weighted by Crippen LogP contribution is -2.40. The summed E-state index contributed by atoms with van der Waals surface area (Å²) >= 11 is 4.44. The molecular formula is C11H16FN5O9P2S. The molecule has 18 heteroatoms. The van der Waals surface area contributed by atoms with E-state index in [2.05, 4.69) is 31.1 Å². The molecule has 0 saturated carbocycles. The van der Waals surface area contributed by atoms with Gasteiger partial charge in [0.2, 0.25) is 5.95 Å². The molecule has 3 rings (SSSR count). The highest BCUT2D eigenvalue weighted by Crippen LogP contribution is 2.58. The van der Waals surface area contributed by atoms with Crippen molar-refractivity contribution in [3.05, 3.63) is 16.7 Å². The lowest BCUT2D eigenvalue weighted by atomic mass is 9.98. The molecule has 2 aromatic heterocycles. The number of fused-ring (bicyclic) bond motifs is 1. The second-order valence-corrected chi connectivity index (χ2v) is 10.4. The molecule has 162 valence electrons. The van der Waals surface area contributed by atoms with Crippen LogP contribution in [0.3, 0.4) is 0 Å². The third kappa shape index (κ3) is 4.56. The van der Waals surface area contributed by atoms with E-state index in [1.54, 1.807) is 0 Å². The minimum absolute atomic E-state index is 0.106. The quantitative estimate of drug-likeness (QED) is 0.278. The molecule has 0 spiro atoms. The zero-order chi connectivity index (χ0) is 21.8. The van der Waals surface area contributed by atoms with Gasteiger partial charge in [0.15, 0.2) is 23.1 Å². The predicted molar refractivity (Wildman–Crippen MR) is 97.6 cm³/mol. The van der Waals surface area contributed by atoms with E-state index >= 15 is 4.39 Å². The second kappa shape index (κ2) is 7.42. The zero-order valence-corrected chi connectivity index (χ0v) is 17.1. The number of phosphoric acid groups is 1. The smallest absolute Gasteiger partial charge is 0.387 e. The van der Waals surface area contributed by atoms with Gasteiger partial charge < -0.3 is 34.8 Å². The number of aromatic nitrogens is 4. The maximum absolute atomic E-state index is 15.2. The van der Waals surface area contributed by atoms with Crippen LogP contribution < -0.4 is 11.3 Å². The Morgan fingerprint density at radius 1 is 1.52 bits per heavy atom. The van der Waals surface area contributed by atoms with E-state index in [9.17, 15) is 19.4 Å². The number of H-pyrrole nitrogens is 1. The number of rotatable bonds is 6. The normalized spacial score (nSPS) is 29.9. The molecule has 0 bridgehead atoms. The molecule has 1 aliphatic heterocycles. The molecule has 0 aliphatic carbocycles. The number of ether oxygens (including phenoxy) is 1. The lowest BCUT2D eigenvalue weighted by molar-refractivity contribution is -0.0548. The standard InChI is InChI=1S/C11H16FN5O9P2S/c1-11(12)6(18)4(2-24-28(23,29)26-27(20,21)22)25-9(11)17-3-14-5-7(17)15-10(13)16-8(5)19/h3-4,6,9,18H,2H2,1H3,(H,23,29)(H2,20,21,22)(H3,13,15,16,19)/t4-,6-,9-,11-,28?/m1/s1. The summed E-state index contributed by atoms with van der Waals surface area (Å²) in [6, 6.07) is 0. The fourth-order valence-electron chi connectivity index (χ4n) is 2.79. The molecule has 29 heavy (non-hydrogen) atoms. The summed E-state index contributed by atoms with van der Waals surface area (Å²) < 4.78 is 41.2. The van der Waals surface area contributed by atoms with Crippen LogP contribution in [-0.2, 0) is 29.9 Å². The number of hydrogen-bond donors (Lipinski definition) is 6. The molecule has 0 aromatic carbocycles. The topological polar surface area (TPSA) is 215 Å². The molecule has 1 fully saturated rings. The summed E-state index contributed by atoms with van der Waals surface area (Å²) in [6.45, 7) is -4.15. The molecular weight excluding hydrogens is 459 g/mol. The number of halogens is 1. The fourth-order valence-corrected chi connectivity index (χ4v) is 5.35. The average molecular weight is 475 g/mol. The highest BCUT2D eigenvalue weighted by molar-refractivity contribution is 8.08. The Bertz CT molecular complexity index is 1090. The Labute approximate surface area is 165 Å². The highest BCUT2D eigenvalue weighted by Gasteiger charge is 2.55. The molecule has 7 N–H and O–H groups in total. The Hall–Kier alpha value is -1.32. The molecule has 5 atom stereocenters. The van der Waals surface area contributed by atoms with Crippen molar-refractivity contribution in [3.8, 4) is 0 Å². The van der Waals surface area contributed by atoms with E-state index in [0.717, 1.165) is 17.8 Å². The first kappa shape index (κ1) is 22.4. The van der Waals surface area contributed by atoms with Crippen LogP contribution in [0.5, 0.6) is 0 Å². The van der Waals surface area contributed by atoms with Crippen LogP contribution in [0.1, 0.15) is 13.2 Å². The lowest BCUT2D eigenvalue weighted by Gasteiger charge is -2.24. The summed E-state index contributed by atoms with van der Waals surface area (Å²) in [6.07, 6.45) is -3.72. The second-order valence-electron chi connectivity index (χ2n) is 6.23. The van der Waals surface area contributed by atoms with Gasteiger partial charge in [0.25, 0.3) is 5.56 Å². The monoisotopic (exact) mass is 475 g/mol. The number of hydrogen-bond acceptors (Lipinski definition) is 10. The minimum Gasteiger partial charge on any atom is -0.387 e. The van der Waals surface area contributed by atoms with E-state index in [1.807, 2.05) is 0 Å².